The fourth-order valence-electron chi connectivity index (χ4n) is 5.34. The lowest BCUT2D eigenvalue weighted by molar-refractivity contribution is -0.184. The number of nitrogens with zero attached hydrogens (tertiary/aromatic N) is 3. The Bertz CT molecular complexity index is 1550. The summed E-state index contributed by atoms with van der Waals surface area (Å²) in [6, 6.07) is 8.51. The van der Waals surface area contributed by atoms with Crippen molar-refractivity contribution in [2.45, 2.75) is 51.8 Å². The summed E-state index contributed by atoms with van der Waals surface area (Å²) in [6.07, 6.45) is -0.310. The topological polar surface area (TPSA) is 86.2 Å². The molecule has 47 heavy (non-hydrogen) atoms. The first-order valence-electron chi connectivity index (χ1n) is 15.6. The van der Waals surface area contributed by atoms with E-state index in [0.29, 0.717) is 51.5 Å². The predicted molar refractivity (Wildman–Crippen MR) is 172 cm³/mol. The van der Waals surface area contributed by atoms with Crippen molar-refractivity contribution in [2.75, 3.05) is 53.7 Å². The fourth-order valence-corrected chi connectivity index (χ4v) is 5.34. The number of hydrogen-bond acceptors (Lipinski definition) is 8. The fraction of sp³-hybridized carbons (Fsp3) is 0.486. The van der Waals surface area contributed by atoms with E-state index in [9.17, 15) is 22.7 Å². The van der Waals surface area contributed by atoms with Gasteiger partial charge in [-0.05, 0) is 50.8 Å². The second kappa shape index (κ2) is 15.9. The van der Waals surface area contributed by atoms with E-state index in [1.165, 1.54) is 19.3 Å². The molecule has 8 nitrogen and oxygen atoms in total. The number of hydrogen-bond donors (Lipinski definition) is 1. The van der Waals surface area contributed by atoms with Gasteiger partial charge < -0.3 is 24.1 Å². The van der Waals surface area contributed by atoms with Crippen LogP contribution >= 0.6 is 0 Å². The number of allylic oxidation sites excluding steroid dienone is 3. The molecule has 2 fully saturated rings. The molecule has 2 aliphatic rings. The zero-order valence-corrected chi connectivity index (χ0v) is 27.3. The van der Waals surface area contributed by atoms with Gasteiger partial charge in [-0.15, -0.1) is 0 Å². The van der Waals surface area contributed by atoms with Crippen molar-refractivity contribution in [2.24, 2.45) is 5.41 Å². The monoisotopic (exact) mass is 661 g/mol. The third-order valence-electron chi connectivity index (χ3n) is 8.03. The molecule has 12 heteroatoms. The van der Waals surface area contributed by atoms with Gasteiger partial charge in [0, 0.05) is 50.4 Å². The Kier molecular flexibility index (Phi) is 12.2. The van der Waals surface area contributed by atoms with Crippen LogP contribution in [0.25, 0.3) is 22.3 Å². The predicted octanol–water partition coefficient (Wildman–Crippen LogP) is 6.90. The minimum atomic E-state index is -4.22. The summed E-state index contributed by atoms with van der Waals surface area (Å²) in [5.41, 5.74) is 1.79. The van der Waals surface area contributed by atoms with Crippen molar-refractivity contribution in [3.8, 4) is 22.8 Å². The summed E-state index contributed by atoms with van der Waals surface area (Å²) in [7, 11) is 2.86. The van der Waals surface area contributed by atoms with Crippen LogP contribution in [0.15, 0.2) is 60.5 Å². The van der Waals surface area contributed by atoms with Crippen LogP contribution < -0.4 is 9.47 Å². The van der Waals surface area contributed by atoms with Crippen LogP contribution in [0, 0.1) is 11.2 Å². The summed E-state index contributed by atoms with van der Waals surface area (Å²) >= 11 is 0. The summed E-state index contributed by atoms with van der Waals surface area (Å²) in [5.74, 6) is 0.809. The molecule has 0 radical (unpaired) electrons. The Morgan fingerprint density at radius 3 is 2.49 bits per heavy atom. The Morgan fingerprint density at radius 1 is 1.13 bits per heavy atom. The van der Waals surface area contributed by atoms with Gasteiger partial charge in [0.05, 0.1) is 49.9 Å². The standard InChI is InChI=1S/C25H30FN3O4.C10H13F3O/c1-17(30)12-18-4-5-19(13-20(18)26)23-16-27-21-14-25(24(31-2)15-22(21)28-23)33-11-8-29-6-3-9-32-10-7-29;1-7(2)6-8(14-3)9(4-5-9)10(11,12)13/h4-5,13-17,30H,3,6-12H2,1-2H3;6H,1,4-5H2,2-3H3/b;8-6-. The smallest absolute Gasteiger partial charge is 0.401 e. The molecule has 1 aliphatic carbocycles. The third kappa shape index (κ3) is 9.42. The maximum atomic E-state index is 14.5. The van der Waals surface area contributed by atoms with Gasteiger partial charge in [-0.2, -0.15) is 13.2 Å². The van der Waals surface area contributed by atoms with E-state index in [-0.39, 0.29) is 30.8 Å². The highest BCUT2D eigenvalue weighted by atomic mass is 19.4. The molecule has 1 saturated heterocycles. The van der Waals surface area contributed by atoms with E-state index >= 15 is 0 Å². The van der Waals surface area contributed by atoms with E-state index in [1.807, 2.05) is 6.07 Å². The molecule has 1 atom stereocenters. The Labute approximate surface area is 273 Å². The van der Waals surface area contributed by atoms with Gasteiger partial charge in [0.15, 0.2) is 11.5 Å². The lowest BCUT2D eigenvalue weighted by atomic mass is 10.0. The molecule has 1 aliphatic heterocycles. The number of aromatic nitrogens is 2. The minimum absolute atomic E-state index is 0.0162. The molecule has 256 valence electrons. The lowest BCUT2D eigenvalue weighted by Gasteiger charge is -2.21. The van der Waals surface area contributed by atoms with Gasteiger partial charge in [-0.25, -0.2) is 9.37 Å². The molecular weight excluding hydrogens is 618 g/mol. The largest absolute Gasteiger partial charge is 0.500 e. The van der Waals surface area contributed by atoms with Crippen molar-refractivity contribution in [1.29, 1.82) is 0 Å². The maximum Gasteiger partial charge on any atom is 0.401 e. The van der Waals surface area contributed by atoms with Crippen molar-refractivity contribution in [3.63, 3.8) is 0 Å². The summed E-state index contributed by atoms with van der Waals surface area (Å²) in [5, 5.41) is 9.52. The van der Waals surface area contributed by atoms with Crippen molar-refractivity contribution >= 4 is 11.0 Å². The van der Waals surface area contributed by atoms with Crippen LogP contribution in [0.2, 0.25) is 0 Å². The molecule has 3 aromatic rings. The molecule has 1 saturated carbocycles. The molecule has 2 aromatic carbocycles. The second-order valence-electron chi connectivity index (χ2n) is 11.9. The van der Waals surface area contributed by atoms with Crippen LogP contribution in [0.3, 0.4) is 0 Å². The molecule has 1 aromatic heterocycles. The number of methoxy groups -OCH3 is 2. The van der Waals surface area contributed by atoms with E-state index in [0.717, 1.165) is 39.3 Å². The van der Waals surface area contributed by atoms with Gasteiger partial charge in [0.25, 0.3) is 0 Å². The van der Waals surface area contributed by atoms with Crippen LogP contribution in [-0.4, -0.2) is 85.9 Å². The number of ether oxygens (including phenoxy) is 4. The molecule has 0 amide bonds. The summed E-state index contributed by atoms with van der Waals surface area (Å²) in [4.78, 5) is 11.5. The first-order valence-corrected chi connectivity index (χ1v) is 15.6. The zero-order valence-electron chi connectivity index (χ0n) is 27.3. The number of alkyl halides is 3. The van der Waals surface area contributed by atoms with Crippen LogP contribution in [0.4, 0.5) is 17.6 Å². The Balaban J connectivity index is 0.000000300. The number of fused-ring (bicyclic) bond motifs is 1. The SMILES string of the molecule is C=C(C)/C=C(\OC)C1(C(F)(F)F)CC1.COc1cc2nc(-c3ccc(CC(C)O)c(F)c3)cnc2cc1OCCN1CCCOCC1. The van der Waals surface area contributed by atoms with Crippen molar-refractivity contribution in [1.82, 2.24) is 14.9 Å². The highest BCUT2D eigenvalue weighted by Gasteiger charge is 2.66. The lowest BCUT2D eigenvalue weighted by Crippen LogP contribution is -2.30. The molecule has 5 rings (SSSR count). The first kappa shape index (κ1) is 36.1. The van der Waals surface area contributed by atoms with E-state index in [1.54, 1.807) is 45.4 Å². The first-order chi connectivity index (χ1) is 22.4. The number of aliphatic hydroxyl groups excluding tert-OH is 1. The van der Waals surface area contributed by atoms with Crippen molar-refractivity contribution in [3.05, 3.63) is 71.9 Å². The molecule has 0 spiro atoms. The van der Waals surface area contributed by atoms with E-state index in [4.69, 9.17) is 18.9 Å². The molecule has 0 bridgehead atoms. The Morgan fingerprint density at radius 2 is 1.87 bits per heavy atom. The third-order valence-corrected chi connectivity index (χ3v) is 8.03. The van der Waals surface area contributed by atoms with Gasteiger partial charge in [-0.1, -0.05) is 24.3 Å². The average Bonchev–Trinajstić information content (AvgIpc) is 3.86. The molecule has 2 heterocycles. The highest BCUT2D eigenvalue weighted by Crippen LogP contribution is 2.62. The number of halogens is 4. The van der Waals surface area contributed by atoms with Gasteiger partial charge in [0.2, 0.25) is 0 Å². The normalized spacial score (nSPS) is 17.3. The number of benzene rings is 2. The summed E-state index contributed by atoms with van der Waals surface area (Å²) < 4.78 is 74.2. The molecule has 1 N–H and O–H groups in total. The van der Waals surface area contributed by atoms with Gasteiger partial charge in [-0.3, -0.25) is 9.88 Å². The van der Waals surface area contributed by atoms with E-state index < -0.39 is 17.7 Å². The number of aliphatic hydroxyl groups is 1. The molecule has 1 unspecified atom stereocenters. The highest BCUT2D eigenvalue weighted by molar-refractivity contribution is 5.81. The Hall–Kier alpha value is -3.74. The quantitative estimate of drug-likeness (QED) is 0.135. The summed E-state index contributed by atoms with van der Waals surface area (Å²) in [6.45, 7) is 11.7. The minimum Gasteiger partial charge on any atom is -0.500 e. The number of rotatable bonds is 11. The van der Waals surface area contributed by atoms with E-state index in [2.05, 4.69) is 21.4 Å². The van der Waals surface area contributed by atoms with Crippen LogP contribution in [-0.2, 0) is 15.9 Å². The van der Waals surface area contributed by atoms with Gasteiger partial charge >= 0.3 is 6.18 Å². The van der Waals surface area contributed by atoms with Crippen LogP contribution in [0.5, 0.6) is 11.5 Å². The second-order valence-corrected chi connectivity index (χ2v) is 11.9. The van der Waals surface area contributed by atoms with Gasteiger partial charge in [0.1, 0.15) is 23.6 Å². The van der Waals surface area contributed by atoms with Crippen LogP contribution in [0.1, 0.15) is 38.7 Å². The molecular formula is C35H43F4N3O5. The maximum absolute atomic E-state index is 14.5. The van der Waals surface area contributed by atoms with Crippen molar-refractivity contribution < 1.29 is 41.6 Å². The zero-order chi connectivity index (χ0) is 34.2. The average molecular weight is 662 g/mol.